The molecule has 2 heterocycles. The summed E-state index contributed by atoms with van der Waals surface area (Å²) in [7, 11) is 0. The van der Waals surface area contributed by atoms with Gasteiger partial charge in [0.05, 0.1) is 5.60 Å². The minimum atomic E-state index is -2.55. The van der Waals surface area contributed by atoms with Crippen LogP contribution in [0.25, 0.3) is 16.8 Å². The fraction of sp³-hybridized carbons (Fsp3) is 0.368. The van der Waals surface area contributed by atoms with Crippen molar-refractivity contribution < 1.29 is 13.9 Å². The Morgan fingerprint density at radius 3 is 2.44 bits per heavy atom. The number of aliphatic hydroxyl groups is 1. The Morgan fingerprint density at radius 2 is 1.84 bits per heavy atom. The molecule has 1 N–H and O–H groups in total. The van der Waals surface area contributed by atoms with Crippen molar-refractivity contribution in [2.45, 2.75) is 38.2 Å². The number of fused-ring (bicyclic) bond motifs is 1. The van der Waals surface area contributed by atoms with Gasteiger partial charge in [-0.15, -0.1) is 10.2 Å². The molecule has 0 spiro atoms. The normalized spacial score (nSPS) is 19.3. The maximum absolute atomic E-state index is 13.1. The molecule has 130 valence electrons. The SMILES string of the molecule is CC(C)(O)c1ccc(-c2ccn3c(CC4CC4(F)F)nnc3c2)cc1. The van der Waals surface area contributed by atoms with E-state index in [1.54, 1.807) is 18.2 Å². The second-order valence-corrected chi connectivity index (χ2v) is 7.26. The molecule has 1 aromatic carbocycles. The van der Waals surface area contributed by atoms with Gasteiger partial charge < -0.3 is 5.11 Å². The molecule has 1 atom stereocenters. The van der Waals surface area contributed by atoms with Crippen LogP contribution in [-0.2, 0) is 12.0 Å². The van der Waals surface area contributed by atoms with Crippen molar-refractivity contribution in [1.82, 2.24) is 14.6 Å². The Labute approximate surface area is 144 Å². The average molecular weight is 343 g/mol. The van der Waals surface area contributed by atoms with Crippen molar-refractivity contribution in [3.05, 3.63) is 54.0 Å². The zero-order valence-electron chi connectivity index (χ0n) is 14.1. The highest BCUT2D eigenvalue weighted by Crippen LogP contribution is 2.50. The number of rotatable bonds is 4. The summed E-state index contributed by atoms with van der Waals surface area (Å²) >= 11 is 0. The van der Waals surface area contributed by atoms with Crippen LogP contribution in [-0.4, -0.2) is 25.6 Å². The molecule has 0 saturated heterocycles. The Morgan fingerprint density at radius 1 is 1.16 bits per heavy atom. The summed E-state index contributed by atoms with van der Waals surface area (Å²) in [5, 5.41) is 18.2. The maximum atomic E-state index is 13.1. The maximum Gasteiger partial charge on any atom is 0.252 e. The first-order chi connectivity index (χ1) is 11.7. The molecule has 0 bridgehead atoms. The third kappa shape index (κ3) is 3.02. The lowest BCUT2D eigenvalue weighted by atomic mass is 9.96. The van der Waals surface area contributed by atoms with Crippen LogP contribution in [0.3, 0.4) is 0 Å². The van der Waals surface area contributed by atoms with E-state index in [2.05, 4.69) is 10.2 Å². The molecule has 0 amide bonds. The lowest BCUT2D eigenvalue weighted by Gasteiger charge is -2.17. The number of aromatic nitrogens is 3. The first-order valence-electron chi connectivity index (χ1n) is 8.29. The fourth-order valence-corrected chi connectivity index (χ4v) is 3.04. The summed E-state index contributed by atoms with van der Waals surface area (Å²) in [5.41, 5.74) is 2.56. The van der Waals surface area contributed by atoms with Crippen LogP contribution in [0.5, 0.6) is 0 Å². The fourth-order valence-electron chi connectivity index (χ4n) is 3.04. The van der Waals surface area contributed by atoms with Crippen molar-refractivity contribution in [2.75, 3.05) is 0 Å². The predicted molar refractivity (Wildman–Crippen MR) is 90.4 cm³/mol. The molecule has 0 aliphatic heterocycles. The standard InChI is InChI=1S/C19H19F2N3O/c1-18(2,25)14-5-3-12(4-6-14)13-7-8-24-16(9-13)22-23-17(24)10-15-11-19(15,20)21/h3-9,15,25H,10-11H2,1-2H3. The average Bonchev–Trinajstić information content (AvgIpc) is 2.98. The van der Waals surface area contributed by atoms with Crippen LogP contribution >= 0.6 is 0 Å². The van der Waals surface area contributed by atoms with Crippen molar-refractivity contribution in [3.63, 3.8) is 0 Å². The van der Waals surface area contributed by atoms with Gasteiger partial charge in [0, 0.05) is 25.0 Å². The van der Waals surface area contributed by atoms with Crippen molar-refractivity contribution in [1.29, 1.82) is 0 Å². The summed E-state index contributed by atoms with van der Waals surface area (Å²) in [6, 6.07) is 11.5. The predicted octanol–water partition coefficient (Wildman–Crippen LogP) is 3.82. The smallest absolute Gasteiger partial charge is 0.252 e. The third-order valence-corrected chi connectivity index (χ3v) is 4.79. The molecule has 25 heavy (non-hydrogen) atoms. The molecule has 1 aliphatic rings. The zero-order valence-corrected chi connectivity index (χ0v) is 14.1. The molecule has 6 heteroatoms. The number of hydrogen-bond acceptors (Lipinski definition) is 3. The highest BCUT2D eigenvalue weighted by molar-refractivity contribution is 5.67. The molecule has 4 nitrogen and oxygen atoms in total. The van der Waals surface area contributed by atoms with Gasteiger partial charge in [0.15, 0.2) is 5.65 Å². The number of halogens is 2. The Hall–Kier alpha value is -2.34. The first kappa shape index (κ1) is 16.1. The number of pyridine rings is 1. The van der Waals surface area contributed by atoms with Gasteiger partial charge >= 0.3 is 0 Å². The summed E-state index contributed by atoms with van der Waals surface area (Å²) in [6.45, 7) is 3.49. The van der Waals surface area contributed by atoms with Crippen LogP contribution in [0.15, 0.2) is 42.6 Å². The summed E-state index contributed by atoms with van der Waals surface area (Å²) in [6.07, 6.45) is 2.01. The van der Waals surface area contributed by atoms with E-state index in [-0.39, 0.29) is 12.8 Å². The van der Waals surface area contributed by atoms with Crippen LogP contribution in [0.4, 0.5) is 8.78 Å². The van der Waals surface area contributed by atoms with Crippen LogP contribution in [0, 0.1) is 5.92 Å². The minimum Gasteiger partial charge on any atom is -0.386 e. The third-order valence-electron chi connectivity index (χ3n) is 4.79. The van der Waals surface area contributed by atoms with Gasteiger partial charge in [0.2, 0.25) is 0 Å². The van der Waals surface area contributed by atoms with E-state index in [0.717, 1.165) is 16.7 Å². The molecule has 1 unspecified atom stereocenters. The van der Waals surface area contributed by atoms with Gasteiger partial charge in [0.1, 0.15) is 5.82 Å². The van der Waals surface area contributed by atoms with Gasteiger partial charge in [-0.1, -0.05) is 24.3 Å². The van der Waals surface area contributed by atoms with Crippen molar-refractivity contribution >= 4 is 5.65 Å². The first-order valence-corrected chi connectivity index (χ1v) is 8.29. The van der Waals surface area contributed by atoms with E-state index in [1.165, 1.54) is 0 Å². The molecular formula is C19H19F2N3O. The monoisotopic (exact) mass is 343 g/mol. The number of nitrogens with zero attached hydrogens (tertiary/aromatic N) is 3. The molecule has 0 radical (unpaired) electrons. The Bertz CT molecular complexity index is 926. The van der Waals surface area contributed by atoms with E-state index in [1.807, 2.05) is 42.6 Å². The number of hydrogen-bond donors (Lipinski definition) is 1. The van der Waals surface area contributed by atoms with Gasteiger partial charge in [0.25, 0.3) is 5.92 Å². The van der Waals surface area contributed by atoms with Gasteiger partial charge in [-0.2, -0.15) is 0 Å². The van der Waals surface area contributed by atoms with Gasteiger partial charge in [-0.05, 0) is 42.7 Å². The van der Waals surface area contributed by atoms with Gasteiger partial charge in [-0.25, -0.2) is 8.78 Å². The quantitative estimate of drug-likeness (QED) is 0.783. The molecule has 1 fully saturated rings. The largest absolute Gasteiger partial charge is 0.386 e. The molecule has 2 aromatic heterocycles. The molecule has 3 aromatic rings. The van der Waals surface area contributed by atoms with Crippen LogP contribution < -0.4 is 0 Å². The summed E-state index contributed by atoms with van der Waals surface area (Å²) in [4.78, 5) is 0. The number of alkyl halides is 2. The second kappa shape index (κ2) is 5.33. The Balaban J connectivity index is 1.61. The van der Waals surface area contributed by atoms with Crippen LogP contribution in [0.1, 0.15) is 31.7 Å². The van der Waals surface area contributed by atoms with E-state index < -0.39 is 17.4 Å². The van der Waals surface area contributed by atoms with Gasteiger partial charge in [-0.3, -0.25) is 4.40 Å². The zero-order chi connectivity index (χ0) is 17.8. The van der Waals surface area contributed by atoms with E-state index in [9.17, 15) is 13.9 Å². The lowest BCUT2D eigenvalue weighted by Crippen LogP contribution is -2.14. The van der Waals surface area contributed by atoms with E-state index >= 15 is 0 Å². The molecule has 1 saturated carbocycles. The molecule has 4 rings (SSSR count). The second-order valence-electron chi connectivity index (χ2n) is 7.26. The minimum absolute atomic E-state index is 0.0620. The molecule has 1 aliphatic carbocycles. The summed E-state index contributed by atoms with van der Waals surface area (Å²) < 4.78 is 28.0. The molecular weight excluding hydrogens is 324 g/mol. The highest BCUT2D eigenvalue weighted by Gasteiger charge is 2.56. The number of benzene rings is 1. The lowest BCUT2D eigenvalue weighted by molar-refractivity contribution is 0.0786. The van der Waals surface area contributed by atoms with E-state index in [4.69, 9.17) is 0 Å². The van der Waals surface area contributed by atoms with Crippen molar-refractivity contribution in [2.24, 2.45) is 5.92 Å². The highest BCUT2D eigenvalue weighted by atomic mass is 19.3. The van der Waals surface area contributed by atoms with Crippen molar-refractivity contribution in [3.8, 4) is 11.1 Å². The summed E-state index contributed by atoms with van der Waals surface area (Å²) in [5.74, 6) is -2.59. The van der Waals surface area contributed by atoms with E-state index in [0.29, 0.717) is 11.5 Å². The Kier molecular flexibility index (Phi) is 3.44. The van der Waals surface area contributed by atoms with Crippen LogP contribution in [0.2, 0.25) is 0 Å². The topological polar surface area (TPSA) is 50.4 Å².